The number of aliphatic hydroxyl groups is 2. The minimum absolute atomic E-state index is 0.0204. The van der Waals surface area contributed by atoms with E-state index in [0.717, 1.165) is 12.8 Å². The Balaban J connectivity index is 4.21. The van der Waals surface area contributed by atoms with Crippen LogP contribution in [0.25, 0.3) is 0 Å². The van der Waals surface area contributed by atoms with Gasteiger partial charge in [-0.1, -0.05) is 13.3 Å². The molecule has 0 aliphatic rings. The molecule has 14 heavy (non-hydrogen) atoms. The third-order valence-electron chi connectivity index (χ3n) is 2.26. The first-order valence-electron chi connectivity index (χ1n) is 5.25. The van der Waals surface area contributed by atoms with Crippen molar-refractivity contribution in [3.63, 3.8) is 0 Å². The van der Waals surface area contributed by atoms with Crippen molar-refractivity contribution in [3.8, 4) is 0 Å². The lowest BCUT2D eigenvalue weighted by Crippen LogP contribution is -2.38. The van der Waals surface area contributed by atoms with Crippen LogP contribution in [0.5, 0.6) is 0 Å². The van der Waals surface area contributed by atoms with E-state index >= 15 is 0 Å². The van der Waals surface area contributed by atoms with E-state index in [4.69, 9.17) is 4.74 Å². The van der Waals surface area contributed by atoms with Crippen molar-refractivity contribution in [2.45, 2.75) is 46.1 Å². The maximum atomic E-state index is 9.26. The molecule has 2 N–H and O–H groups in total. The van der Waals surface area contributed by atoms with Crippen LogP contribution in [0.15, 0.2) is 0 Å². The average Bonchev–Trinajstić information content (AvgIpc) is 2.11. The third kappa shape index (κ3) is 4.94. The first-order valence-corrected chi connectivity index (χ1v) is 5.25. The summed E-state index contributed by atoms with van der Waals surface area (Å²) in [7, 11) is 0. The Morgan fingerprint density at radius 2 is 1.57 bits per heavy atom. The Hall–Kier alpha value is -0.120. The van der Waals surface area contributed by atoms with Crippen molar-refractivity contribution in [3.05, 3.63) is 0 Å². The fourth-order valence-corrected chi connectivity index (χ4v) is 1.27. The molecular weight excluding hydrogens is 180 g/mol. The van der Waals surface area contributed by atoms with Gasteiger partial charge >= 0.3 is 0 Å². The smallest absolute Gasteiger partial charge is 0.0598 e. The summed E-state index contributed by atoms with van der Waals surface area (Å²) in [5.74, 6) is 0. The zero-order chi connectivity index (χ0) is 11.2. The van der Waals surface area contributed by atoms with Gasteiger partial charge in [-0.05, 0) is 27.2 Å². The number of hydrogen-bond donors (Lipinski definition) is 2. The highest BCUT2D eigenvalue weighted by Crippen LogP contribution is 2.25. The van der Waals surface area contributed by atoms with Crippen LogP contribution in [0.3, 0.4) is 0 Å². The van der Waals surface area contributed by atoms with E-state index in [-0.39, 0.29) is 18.8 Å². The third-order valence-corrected chi connectivity index (χ3v) is 2.26. The summed E-state index contributed by atoms with van der Waals surface area (Å²) >= 11 is 0. The van der Waals surface area contributed by atoms with E-state index < -0.39 is 5.41 Å². The van der Waals surface area contributed by atoms with Crippen molar-refractivity contribution < 1.29 is 14.9 Å². The zero-order valence-electron chi connectivity index (χ0n) is 9.84. The Morgan fingerprint density at radius 3 is 1.86 bits per heavy atom. The monoisotopic (exact) mass is 204 g/mol. The van der Waals surface area contributed by atoms with Crippen LogP contribution >= 0.6 is 0 Å². The van der Waals surface area contributed by atoms with Crippen molar-refractivity contribution in [1.82, 2.24) is 0 Å². The van der Waals surface area contributed by atoms with E-state index in [1.54, 1.807) is 0 Å². The second-order valence-electron chi connectivity index (χ2n) is 4.97. The molecule has 0 atom stereocenters. The van der Waals surface area contributed by atoms with E-state index in [9.17, 15) is 10.2 Å². The molecule has 0 rings (SSSR count). The predicted octanol–water partition coefficient (Wildman–Crippen LogP) is 1.57. The molecule has 0 aromatic carbocycles. The Kier molecular flexibility index (Phi) is 5.64. The molecule has 0 heterocycles. The van der Waals surface area contributed by atoms with Gasteiger partial charge in [-0.15, -0.1) is 0 Å². The first kappa shape index (κ1) is 13.9. The van der Waals surface area contributed by atoms with Gasteiger partial charge in [0.15, 0.2) is 0 Å². The summed E-state index contributed by atoms with van der Waals surface area (Å²) in [4.78, 5) is 0. The van der Waals surface area contributed by atoms with Gasteiger partial charge < -0.3 is 14.9 Å². The highest BCUT2D eigenvalue weighted by atomic mass is 16.5. The number of ether oxygens (including phenoxy) is 1. The molecule has 0 unspecified atom stereocenters. The predicted molar refractivity (Wildman–Crippen MR) is 57.2 cm³/mol. The maximum absolute atomic E-state index is 9.26. The normalized spacial score (nSPS) is 13.3. The molecule has 0 saturated carbocycles. The maximum Gasteiger partial charge on any atom is 0.0598 e. The number of hydrogen-bond acceptors (Lipinski definition) is 3. The first-order chi connectivity index (χ1) is 6.39. The van der Waals surface area contributed by atoms with E-state index in [1.165, 1.54) is 0 Å². The van der Waals surface area contributed by atoms with Gasteiger partial charge in [0.1, 0.15) is 0 Å². The van der Waals surface area contributed by atoms with Gasteiger partial charge in [0, 0.05) is 5.41 Å². The summed E-state index contributed by atoms with van der Waals surface area (Å²) in [6.45, 7) is 8.32. The Morgan fingerprint density at radius 1 is 1.07 bits per heavy atom. The van der Waals surface area contributed by atoms with Crippen LogP contribution in [0, 0.1) is 5.41 Å². The summed E-state index contributed by atoms with van der Waals surface area (Å²) in [6, 6.07) is 0. The van der Waals surface area contributed by atoms with Gasteiger partial charge in [0.25, 0.3) is 0 Å². The molecule has 0 saturated heterocycles. The molecule has 86 valence electrons. The molecule has 0 aromatic heterocycles. The molecule has 3 nitrogen and oxygen atoms in total. The van der Waals surface area contributed by atoms with Crippen LogP contribution in [-0.4, -0.2) is 35.6 Å². The molecule has 0 fully saturated rings. The standard InChI is InChI=1S/C11H24O3/c1-5-6-11(7-12,8-13)9-14-10(2,3)4/h12-13H,5-9H2,1-4H3. The van der Waals surface area contributed by atoms with Crippen LogP contribution in [0.4, 0.5) is 0 Å². The minimum atomic E-state index is -0.470. The lowest BCUT2D eigenvalue weighted by atomic mass is 9.86. The lowest BCUT2D eigenvalue weighted by Gasteiger charge is -2.32. The van der Waals surface area contributed by atoms with Gasteiger partial charge in [-0.25, -0.2) is 0 Å². The summed E-state index contributed by atoms with van der Waals surface area (Å²) in [5, 5.41) is 18.5. The van der Waals surface area contributed by atoms with Gasteiger partial charge in [0.05, 0.1) is 25.4 Å². The molecule has 0 spiro atoms. The largest absolute Gasteiger partial charge is 0.396 e. The van der Waals surface area contributed by atoms with E-state index in [2.05, 4.69) is 0 Å². The Bertz CT molecular complexity index is 145. The second-order valence-corrected chi connectivity index (χ2v) is 4.97. The van der Waals surface area contributed by atoms with Gasteiger partial charge in [-0.3, -0.25) is 0 Å². The minimum Gasteiger partial charge on any atom is -0.396 e. The van der Waals surface area contributed by atoms with Crippen molar-refractivity contribution in [1.29, 1.82) is 0 Å². The topological polar surface area (TPSA) is 49.7 Å². The fraction of sp³-hybridized carbons (Fsp3) is 1.00. The average molecular weight is 204 g/mol. The number of aliphatic hydroxyl groups excluding tert-OH is 2. The van der Waals surface area contributed by atoms with Crippen LogP contribution in [-0.2, 0) is 4.74 Å². The highest BCUT2D eigenvalue weighted by molar-refractivity contribution is 4.78. The molecule has 0 radical (unpaired) electrons. The highest BCUT2D eigenvalue weighted by Gasteiger charge is 2.30. The summed E-state index contributed by atoms with van der Waals surface area (Å²) < 4.78 is 5.61. The molecule has 0 aliphatic heterocycles. The molecule has 0 aromatic rings. The Labute approximate surface area is 87.1 Å². The second kappa shape index (κ2) is 5.69. The van der Waals surface area contributed by atoms with Crippen molar-refractivity contribution >= 4 is 0 Å². The van der Waals surface area contributed by atoms with Gasteiger partial charge in [0.2, 0.25) is 0 Å². The zero-order valence-corrected chi connectivity index (χ0v) is 9.84. The van der Waals surface area contributed by atoms with Crippen LogP contribution < -0.4 is 0 Å². The lowest BCUT2D eigenvalue weighted by molar-refractivity contribution is -0.0882. The summed E-state index contributed by atoms with van der Waals surface area (Å²) in [6.07, 6.45) is 1.73. The van der Waals surface area contributed by atoms with E-state index in [1.807, 2.05) is 27.7 Å². The van der Waals surface area contributed by atoms with Crippen molar-refractivity contribution in [2.75, 3.05) is 19.8 Å². The SMILES string of the molecule is CCCC(CO)(CO)COC(C)(C)C. The molecular formula is C11H24O3. The summed E-state index contributed by atoms with van der Waals surface area (Å²) in [5.41, 5.74) is -0.689. The molecule has 0 amide bonds. The van der Waals surface area contributed by atoms with Crippen molar-refractivity contribution in [2.24, 2.45) is 5.41 Å². The van der Waals surface area contributed by atoms with Crippen LogP contribution in [0.1, 0.15) is 40.5 Å². The number of rotatable bonds is 6. The molecule has 0 bridgehead atoms. The fourth-order valence-electron chi connectivity index (χ4n) is 1.27. The van der Waals surface area contributed by atoms with Crippen LogP contribution in [0.2, 0.25) is 0 Å². The van der Waals surface area contributed by atoms with E-state index in [0.29, 0.717) is 6.61 Å². The molecule has 3 heteroatoms. The molecule has 0 aliphatic carbocycles. The van der Waals surface area contributed by atoms with Gasteiger partial charge in [-0.2, -0.15) is 0 Å². The quantitative estimate of drug-likeness (QED) is 0.690.